The van der Waals surface area contributed by atoms with Gasteiger partial charge in [0.2, 0.25) is 0 Å². The summed E-state index contributed by atoms with van der Waals surface area (Å²) in [6.07, 6.45) is 17.1. The van der Waals surface area contributed by atoms with Gasteiger partial charge in [-0.05, 0) is 50.2 Å². The molecule has 0 saturated heterocycles. The molecule has 0 atom stereocenters. The van der Waals surface area contributed by atoms with Crippen molar-refractivity contribution < 1.29 is 9.53 Å². The van der Waals surface area contributed by atoms with Crippen LogP contribution >= 0.6 is 0 Å². The van der Waals surface area contributed by atoms with E-state index in [0.717, 1.165) is 36.3 Å². The molecular weight excluding hydrogens is 272 g/mol. The minimum atomic E-state index is -0.146. The summed E-state index contributed by atoms with van der Waals surface area (Å²) in [7, 11) is 0. The third-order valence-corrected chi connectivity index (χ3v) is 4.82. The summed E-state index contributed by atoms with van der Waals surface area (Å²) < 4.78 is 5.45. The Morgan fingerprint density at radius 3 is 2.64 bits per heavy atom. The van der Waals surface area contributed by atoms with E-state index in [-0.39, 0.29) is 5.97 Å². The van der Waals surface area contributed by atoms with Crippen LogP contribution in [0.15, 0.2) is 34.9 Å². The molecule has 0 heterocycles. The van der Waals surface area contributed by atoms with Crippen LogP contribution in [0.1, 0.15) is 71.6 Å². The topological polar surface area (TPSA) is 26.3 Å². The van der Waals surface area contributed by atoms with Gasteiger partial charge in [0.25, 0.3) is 0 Å². The SMILES string of the molecule is CCCCCCCOC(=O)C1=C(C)CC=C(C2CCC2)C=C1. The highest BCUT2D eigenvalue weighted by Crippen LogP contribution is 2.35. The first kappa shape index (κ1) is 17.1. The van der Waals surface area contributed by atoms with E-state index in [1.807, 2.05) is 13.0 Å². The first-order chi connectivity index (χ1) is 10.7. The molecule has 122 valence electrons. The number of rotatable bonds is 8. The molecule has 0 amide bonds. The zero-order valence-electron chi connectivity index (χ0n) is 14.2. The van der Waals surface area contributed by atoms with Crippen molar-refractivity contribution in [1.82, 2.24) is 0 Å². The van der Waals surface area contributed by atoms with E-state index in [2.05, 4.69) is 19.1 Å². The summed E-state index contributed by atoms with van der Waals surface area (Å²) in [5.41, 5.74) is 3.30. The van der Waals surface area contributed by atoms with E-state index in [4.69, 9.17) is 4.74 Å². The second-order valence-electron chi connectivity index (χ2n) is 6.61. The monoisotopic (exact) mass is 302 g/mol. The third-order valence-electron chi connectivity index (χ3n) is 4.82. The summed E-state index contributed by atoms with van der Waals surface area (Å²) in [6, 6.07) is 0. The quantitative estimate of drug-likeness (QED) is 0.437. The molecule has 0 radical (unpaired) electrons. The van der Waals surface area contributed by atoms with E-state index in [1.54, 1.807) is 0 Å². The van der Waals surface area contributed by atoms with Crippen LogP contribution < -0.4 is 0 Å². The summed E-state index contributed by atoms with van der Waals surface area (Å²) in [6.45, 7) is 4.80. The fraction of sp³-hybridized carbons (Fsp3) is 0.650. The van der Waals surface area contributed by atoms with Crippen molar-refractivity contribution in [3.8, 4) is 0 Å². The third kappa shape index (κ3) is 4.86. The molecule has 0 bridgehead atoms. The van der Waals surface area contributed by atoms with Crippen molar-refractivity contribution in [2.24, 2.45) is 5.92 Å². The van der Waals surface area contributed by atoms with Crippen LogP contribution in [0.3, 0.4) is 0 Å². The maximum Gasteiger partial charge on any atom is 0.338 e. The largest absolute Gasteiger partial charge is 0.462 e. The smallest absolute Gasteiger partial charge is 0.338 e. The number of esters is 1. The molecule has 2 rings (SSSR count). The lowest BCUT2D eigenvalue weighted by Gasteiger charge is -2.26. The Morgan fingerprint density at radius 1 is 1.18 bits per heavy atom. The Labute approximate surface area is 135 Å². The van der Waals surface area contributed by atoms with Gasteiger partial charge in [-0.2, -0.15) is 0 Å². The zero-order valence-corrected chi connectivity index (χ0v) is 14.2. The maximum atomic E-state index is 12.3. The van der Waals surface area contributed by atoms with Crippen LogP contribution in [-0.4, -0.2) is 12.6 Å². The predicted molar refractivity (Wildman–Crippen MR) is 91.6 cm³/mol. The van der Waals surface area contributed by atoms with Crippen molar-refractivity contribution in [3.05, 3.63) is 34.9 Å². The van der Waals surface area contributed by atoms with E-state index in [1.165, 1.54) is 44.1 Å². The summed E-state index contributed by atoms with van der Waals surface area (Å²) >= 11 is 0. The second kappa shape index (κ2) is 8.97. The number of carbonyl (C=O) groups is 1. The van der Waals surface area contributed by atoms with Gasteiger partial charge < -0.3 is 4.74 Å². The van der Waals surface area contributed by atoms with Crippen molar-refractivity contribution in [3.63, 3.8) is 0 Å². The van der Waals surface area contributed by atoms with Gasteiger partial charge in [-0.1, -0.05) is 56.8 Å². The van der Waals surface area contributed by atoms with Gasteiger partial charge in [-0.3, -0.25) is 0 Å². The Hall–Kier alpha value is -1.31. The molecule has 22 heavy (non-hydrogen) atoms. The summed E-state index contributed by atoms with van der Waals surface area (Å²) in [4.78, 5) is 12.3. The molecule has 1 saturated carbocycles. The lowest BCUT2D eigenvalue weighted by Crippen LogP contribution is -2.12. The molecular formula is C20H30O2. The predicted octanol–water partition coefficient (Wildman–Crippen LogP) is 5.50. The molecule has 0 spiro atoms. The van der Waals surface area contributed by atoms with E-state index in [9.17, 15) is 4.79 Å². The van der Waals surface area contributed by atoms with Crippen molar-refractivity contribution in [2.75, 3.05) is 6.61 Å². The Bertz CT molecular complexity index is 464. The van der Waals surface area contributed by atoms with Gasteiger partial charge in [0.1, 0.15) is 0 Å². The average molecular weight is 302 g/mol. The van der Waals surface area contributed by atoms with Crippen LogP contribution in [0, 0.1) is 5.92 Å². The zero-order chi connectivity index (χ0) is 15.8. The number of carbonyl (C=O) groups excluding carboxylic acids is 1. The highest BCUT2D eigenvalue weighted by molar-refractivity contribution is 5.92. The first-order valence-corrected chi connectivity index (χ1v) is 8.97. The normalized spacial score (nSPS) is 18.7. The van der Waals surface area contributed by atoms with Crippen molar-refractivity contribution in [2.45, 2.75) is 71.6 Å². The number of allylic oxidation sites excluding steroid dienone is 4. The fourth-order valence-corrected chi connectivity index (χ4v) is 3.01. The molecule has 0 aromatic rings. The highest BCUT2D eigenvalue weighted by atomic mass is 16.5. The molecule has 0 aromatic carbocycles. The Kier molecular flexibility index (Phi) is 6.95. The van der Waals surface area contributed by atoms with Gasteiger partial charge in [0, 0.05) is 0 Å². The molecule has 0 unspecified atom stereocenters. The van der Waals surface area contributed by atoms with Crippen molar-refractivity contribution >= 4 is 5.97 Å². The number of hydrogen-bond donors (Lipinski definition) is 0. The van der Waals surface area contributed by atoms with Gasteiger partial charge in [-0.15, -0.1) is 0 Å². The lowest BCUT2D eigenvalue weighted by atomic mass is 9.79. The van der Waals surface area contributed by atoms with Gasteiger partial charge in [0.05, 0.1) is 12.2 Å². The van der Waals surface area contributed by atoms with Crippen molar-refractivity contribution in [1.29, 1.82) is 0 Å². The molecule has 0 N–H and O–H groups in total. The van der Waals surface area contributed by atoms with E-state index >= 15 is 0 Å². The molecule has 1 fully saturated rings. The first-order valence-electron chi connectivity index (χ1n) is 8.97. The summed E-state index contributed by atoms with van der Waals surface area (Å²) in [5, 5.41) is 0. The second-order valence-corrected chi connectivity index (χ2v) is 6.61. The van der Waals surface area contributed by atoms with Crippen LogP contribution in [0.5, 0.6) is 0 Å². The number of ether oxygens (including phenoxy) is 1. The van der Waals surface area contributed by atoms with Gasteiger partial charge >= 0.3 is 5.97 Å². The van der Waals surface area contributed by atoms with Crippen LogP contribution in [0.25, 0.3) is 0 Å². The fourth-order valence-electron chi connectivity index (χ4n) is 3.01. The average Bonchev–Trinajstić information content (AvgIpc) is 2.63. The Morgan fingerprint density at radius 2 is 1.95 bits per heavy atom. The molecule has 2 aliphatic carbocycles. The van der Waals surface area contributed by atoms with E-state index < -0.39 is 0 Å². The standard InChI is InChI=1S/C20H30O2/c1-3-4-5-6-7-15-22-20(21)19-14-13-18(12-11-16(19)2)17-9-8-10-17/h12-14,17H,3-11,15H2,1-2H3. The van der Waals surface area contributed by atoms with Crippen LogP contribution in [0.4, 0.5) is 0 Å². The minimum absolute atomic E-state index is 0.146. The van der Waals surface area contributed by atoms with Gasteiger partial charge in [-0.25, -0.2) is 4.79 Å². The highest BCUT2D eigenvalue weighted by Gasteiger charge is 2.22. The summed E-state index contributed by atoms with van der Waals surface area (Å²) in [5.74, 6) is 0.575. The number of unbranched alkanes of at least 4 members (excludes halogenated alkanes) is 4. The molecule has 0 aliphatic heterocycles. The van der Waals surface area contributed by atoms with Crippen LogP contribution in [-0.2, 0) is 9.53 Å². The Balaban J connectivity index is 1.79. The van der Waals surface area contributed by atoms with Crippen LogP contribution in [0.2, 0.25) is 0 Å². The molecule has 2 heteroatoms. The molecule has 0 aromatic heterocycles. The lowest BCUT2D eigenvalue weighted by molar-refractivity contribution is -0.138. The molecule has 2 nitrogen and oxygen atoms in total. The molecule has 2 aliphatic rings. The number of hydrogen-bond acceptors (Lipinski definition) is 2. The maximum absolute atomic E-state index is 12.3. The minimum Gasteiger partial charge on any atom is -0.462 e. The van der Waals surface area contributed by atoms with E-state index in [0.29, 0.717) is 6.61 Å². The van der Waals surface area contributed by atoms with Gasteiger partial charge in [0.15, 0.2) is 0 Å².